The van der Waals surface area contributed by atoms with Crippen LogP contribution in [0.4, 0.5) is 4.39 Å². The van der Waals surface area contributed by atoms with E-state index in [1.807, 2.05) is 13.0 Å². The first-order valence-corrected chi connectivity index (χ1v) is 5.92. The normalized spacial score (nSPS) is 28.3. The molecule has 0 radical (unpaired) electrons. The Morgan fingerprint density at radius 3 is 2.50 bits per heavy atom. The van der Waals surface area contributed by atoms with Crippen LogP contribution < -0.4 is 5.73 Å². The van der Waals surface area contributed by atoms with E-state index in [1.54, 1.807) is 6.07 Å². The molecule has 1 saturated carbocycles. The van der Waals surface area contributed by atoms with Gasteiger partial charge in [-0.1, -0.05) is 38.0 Å². The summed E-state index contributed by atoms with van der Waals surface area (Å²) in [5.74, 6) is -0.164. The maximum absolute atomic E-state index is 13.9. The van der Waals surface area contributed by atoms with Gasteiger partial charge in [0, 0.05) is 11.1 Å². The average molecular weight is 221 g/mol. The highest BCUT2D eigenvalue weighted by Gasteiger charge is 2.48. The van der Waals surface area contributed by atoms with Gasteiger partial charge in [-0.25, -0.2) is 4.39 Å². The minimum absolute atomic E-state index is 0.0262. The van der Waals surface area contributed by atoms with E-state index < -0.39 is 5.54 Å². The van der Waals surface area contributed by atoms with Crippen LogP contribution in [0, 0.1) is 18.2 Å². The summed E-state index contributed by atoms with van der Waals surface area (Å²) in [6.07, 6.45) is 3.02. The maximum atomic E-state index is 13.9. The van der Waals surface area contributed by atoms with Crippen molar-refractivity contribution in [2.24, 2.45) is 11.1 Å². The molecule has 1 atom stereocenters. The van der Waals surface area contributed by atoms with Gasteiger partial charge < -0.3 is 5.73 Å². The predicted molar refractivity (Wildman–Crippen MR) is 64.6 cm³/mol. The lowest BCUT2D eigenvalue weighted by Gasteiger charge is -2.39. The third-order valence-electron chi connectivity index (χ3n) is 4.18. The minimum atomic E-state index is -0.511. The average Bonchev–Trinajstić information content (AvgIpc) is 2.46. The van der Waals surface area contributed by atoms with Crippen molar-refractivity contribution in [2.45, 2.75) is 45.6 Å². The van der Waals surface area contributed by atoms with Gasteiger partial charge in [0.15, 0.2) is 0 Å². The first-order valence-electron chi connectivity index (χ1n) is 5.92. The van der Waals surface area contributed by atoms with E-state index in [9.17, 15) is 4.39 Å². The van der Waals surface area contributed by atoms with E-state index >= 15 is 0 Å². The standard InChI is InChI=1S/C14H20FN/c1-10-5-6-12(15)11(9-10)14(16)8-4-7-13(14,2)3/h5-6,9H,4,7-8,16H2,1-3H3. The van der Waals surface area contributed by atoms with Crippen LogP contribution in [0.2, 0.25) is 0 Å². The van der Waals surface area contributed by atoms with E-state index in [4.69, 9.17) is 5.73 Å². The van der Waals surface area contributed by atoms with Gasteiger partial charge >= 0.3 is 0 Å². The Balaban J connectivity index is 2.55. The van der Waals surface area contributed by atoms with Gasteiger partial charge in [0.25, 0.3) is 0 Å². The summed E-state index contributed by atoms with van der Waals surface area (Å²) >= 11 is 0. The van der Waals surface area contributed by atoms with E-state index in [0.29, 0.717) is 5.56 Å². The van der Waals surface area contributed by atoms with Crippen LogP contribution in [0.5, 0.6) is 0 Å². The second-order valence-electron chi connectivity index (χ2n) is 5.69. The number of halogens is 1. The highest BCUT2D eigenvalue weighted by Crippen LogP contribution is 2.50. The van der Waals surface area contributed by atoms with Crippen LogP contribution in [0.1, 0.15) is 44.2 Å². The van der Waals surface area contributed by atoms with Crippen LogP contribution in [0.3, 0.4) is 0 Å². The molecule has 1 aliphatic rings. The molecule has 2 N–H and O–H groups in total. The molecule has 88 valence electrons. The van der Waals surface area contributed by atoms with E-state index in [-0.39, 0.29) is 11.2 Å². The van der Waals surface area contributed by atoms with Crippen LogP contribution in [-0.4, -0.2) is 0 Å². The highest BCUT2D eigenvalue weighted by atomic mass is 19.1. The Bertz CT molecular complexity index is 411. The topological polar surface area (TPSA) is 26.0 Å². The molecule has 16 heavy (non-hydrogen) atoms. The molecular formula is C14H20FN. The Hall–Kier alpha value is -0.890. The van der Waals surface area contributed by atoms with Gasteiger partial charge in [0.05, 0.1) is 0 Å². The van der Waals surface area contributed by atoms with Gasteiger partial charge in [0.1, 0.15) is 5.82 Å². The van der Waals surface area contributed by atoms with Crippen LogP contribution in [0.15, 0.2) is 18.2 Å². The molecule has 0 aromatic heterocycles. The zero-order valence-electron chi connectivity index (χ0n) is 10.3. The molecule has 1 aliphatic carbocycles. The highest BCUT2D eigenvalue weighted by molar-refractivity contribution is 5.33. The molecule has 0 bridgehead atoms. The summed E-state index contributed by atoms with van der Waals surface area (Å²) in [6.45, 7) is 6.26. The number of aryl methyl sites for hydroxylation is 1. The molecular weight excluding hydrogens is 201 g/mol. The lowest BCUT2D eigenvalue weighted by molar-refractivity contribution is 0.204. The predicted octanol–water partition coefficient (Wildman–Crippen LogP) is 3.50. The molecule has 2 rings (SSSR count). The zero-order valence-corrected chi connectivity index (χ0v) is 10.3. The molecule has 2 heteroatoms. The van der Waals surface area contributed by atoms with Crippen LogP contribution >= 0.6 is 0 Å². The number of nitrogens with two attached hydrogens (primary N) is 1. The third kappa shape index (κ3) is 1.56. The van der Waals surface area contributed by atoms with Gasteiger partial charge in [0.2, 0.25) is 0 Å². The molecule has 0 amide bonds. The molecule has 1 aromatic rings. The molecule has 1 aromatic carbocycles. The summed E-state index contributed by atoms with van der Waals surface area (Å²) in [4.78, 5) is 0. The van der Waals surface area contributed by atoms with Crippen molar-refractivity contribution in [3.8, 4) is 0 Å². The Labute approximate surface area is 96.9 Å². The van der Waals surface area contributed by atoms with E-state index in [1.165, 1.54) is 6.07 Å². The molecule has 0 heterocycles. The number of rotatable bonds is 1. The second-order valence-corrected chi connectivity index (χ2v) is 5.69. The quantitative estimate of drug-likeness (QED) is 0.771. The van der Waals surface area contributed by atoms with Gasteiger partial charge in [-0.05, 0) is 31.2 Å². The fraction of sp³-hybridized carbons (Fsp3) is 0.571. The van der Waals surface area contributed by atoms with Crippen molar-refractivity contribution < 1.29 is 4.39 Å². The monoisotopic (exact) mass is 221 g/mol. The first kappa shape index (κ1) is 11.6. The summed E-state index contributed by atoms with van der Waals surface area (Å²) < 4.78 is 13.9. The summed E-state index contributed by atoms with van der Waals surface area (Å²) in [5.41, 5.74) is 7.71. The van der Waals surface area contributed by atoms with Crippen molar-refractivity contribution >= 4 is 0 Å². The van der Waals surface area contributed by atoms with Gasteiger partial charge in [-0.3, -0.25) is 0 Å². The molecule has 0 aliphatic heterocycles. The van der Waals surface area contributed by atoms with Crippen molar-refractivity contribution in [3.05, 3.63) is 35.1 Å². The number of hydrogen-bond acceptors (Lipinski definition) is 1. The fourth-order valence-electron chi connectivity index (χ4n) is 2.85. The largest absolute Gasteiger partial charge is 0.321 e. The smallest absolute Gasteiger partial charge is 0.128 e. The van der Waals surface area contributed by atoms with E-state index in [2.05, 4.69) is 13.8 Å². The van der Waals surface area contributed by atoms with Crippen LogP contribution in [0.25, 0.3) is 0 Å². The second kappa shape index (κ2) is 3.56. The molecule has 0 spiro atoms. The Morgan fingerprint density at radius 2 is 1.94 bits per heavy atom. The van der Waals surface area contributed by atoms with Crippen molar-refractivity contribution in [1.82, 2.24) is 0 Å². The summed E-state index contributed by atoms with van der Waals surface area (Å²) in [6, 6.07) is 5.24. The fourth-order valence-corrected chi connectivity index (χ4v) is 2.85. The molecule has 1 fully saturated rings. The first-order chi connectivity index (χ1) is 7.37. The van der Waals surface area contributed by atoms with E-state index in [0.717, 1.165) is 24.8 Å². The third-order valence-corrected chi connectivity index (χ3v) is 4.18. The molecule has 0 saturated heterocycles. The molecule has 1 nitrogen and oxygen atoms in total. The Morgan fingerprint density at radius 1 is 1.25 bits per heavy atom. The lowest BCUT2D eigenvalue weighted by Crippen LogP contribution is -2.46. The van der Waals surface area contributed by atoms with Gasteiger partial charge in [-0.2, -0.15) is 0 Å². The van der Waals surface area contributed by atoms with Crippen LogP contribution in [-0.2, 0) is 5.54 Å². The van der Waals surface area contributed by atoms with Crippen molar-refractivity contribution in [2.75, 3.05) is 0 Å². The zero-order chi connectivity index (χ0) is 12.0. The number of benzene rings is 1. The number of hydrogen-bond donors (Lipinski definition) is 1. The molecule has 1 unspecified atom stereocenters. The van der Waals surface area contributed by atoms with Crippen molar-refractivity contribution in [3.63, 3.8) is 0 Å². The lowest BCUT2D eigenvalue weighted by atomic mass is 9.71. The summed E-state index contributed by atoms with van der Waals surface area (Å²) in [5, 5.41) is 0. The Kier molecular flexibility index (Phi) is 2.58. The van der Waals surface area contributed by atoms with Crippen molar-refractivity contribution in [1.29, 1.82) is 0 Å². The minimum Gasteiger partial charge on any atom is -0.321 e. The summed E-state index contributed by atoms with van der Waals surface area (Å²) in [7, 11) is 0. The SMILES string of the molecule is Cc1ccc(F)c(C2(N)CCCC2(C)C)c1. The maximum Gasteiger partial charge on any atom is 0.128 e. The van der Waals surface area contributed by atoms with Gasteiger partial charge in [-0.15, -0.1) is 0 Å².